The van der Waals surface area contributed by atoms with E-state index in [2.05, 4.69) is 6.92 Å². The molecular weight excluding hydrogens is 260 g/mol. The Kier molecular flexibility index (Phi) is 2.28. The Bertz CT molecular complexity index is 522. The number of aliphatic hydroxyl groups is 2. The van der Waals surface area contributed by atoms with Crippen molar-refractivity contribution in [1.29, 1.82) is 0 Å². The van der Waals surface area contributed by atoms with Gasteiger partial charge in [-0.15, -0.1) is 0 Å². The molecular formula is C15H20O5. The lowest BCUT2D eigenvalue weighted by Crippen LogP contribution is -2.55. The van der Waals surface area contributed by atoms with Gasteiger partial charge in [-0.3, -0.25) is 4.79 Å². The van der Waals surface area contributed by atoms with Crippen LogP contribution in [-0.2, 0) is 14.3 Å². The summed E-state index contributed by atoms with van der Waals surface area (Å²) in [5.41, 5.74) is -1.15. The Morgan fingerprint density at radius 3 is 2.80 bits per heavy atom. The van der Waals surface area contributed by atoms with E-state index in [1.54, 1.807) is 6.08 Å². The minimum absolute atomic E-state index is 0.0250. The summed E-state index contributed by atoms with van der Waals surface area (Å²) in [4.78, 5) is 12.5. The van der Waals surface area contributed by atoms with Crippen LogP contribution in [0.25, 0.3) is 0 Å². The van der Waals surface area contributed by atoms with Crippen molar-refractivity contribution in [2.75, 3.05) is 13.2 Å². The van der Waals surface area contributed by atoms with E-state index < -0.39 is 11.2 Å². The highest BCUT2D eigenvalue weighted by Crippen LogP contribution is 2.67. The zero-order valence-electron chi connectivity index (χ0n) is 11.8. The Morgan fingerprint density at radius 1 is 1.50 bits per heavy atom. The molecule has 0 spiro atoms. The first-order chi connectivity index (χ1) is 9.42. The first-order valence-corrected chi connectivity index (χ1v) is 7.28. The highest BCUT2D eigenvalue weighted by atomic mass is 16.7. The summed E-state index contributed by atoms with van der Waals surface area (Å²) < 4.78 is 11.3. The molecule has 0 bridgehead atoms. The van der Waals surface area contributed by atoms with Gasteiger partial charge in [-0.05, 0) is 24.8 Å². The van der Waals surface area contributed by atoms with Gasteiger partial charge >= 0.3 is 0 Å². The van der Waals surface area contributed by atoms with Crippen molar-refractivity contribution >= 4 is 5.78 Å². The average Bonchev–Trinajstić information content (AvgIpc) is 3.29. The maximum absolute atomic E-state index is 12.5. The van der Waals surface area contributed by atoms with Crippen LogP contribution in [0.1, 0.15) is 26.7 Å². The van der Waals surface area contributed by atoms with Crippen molar-refractivity contribution < 1.29 is 24.5 Å². The largest absolute Gasteiger partial charge is 0.393 e. The van der Waals surface area contributed by atoms with Gasteiger partial charge in [-0.1, -0.05) is 19.4 Å². The third kappa shape index (κ3) is 1.18. The molecule has 3 fully saturated rings. The molecule has 2 saturated heterocycles. The number of aliphatic hydroxyl groups excluding tert-OH is 2. The zero-order chi connectivity index (χ0) is 14.3. The van der Waals surface area contributed by atoms with E-state index in [0.29, 0.717) is 13.0 Å². The molecule has 0 aromatic heterocycles. The molecule has 0 aromatic rings. The van der Waals surface area contributed by atoms with Gasteiger partial charge in [-0.2, -0.15) is 0 Å². The molecule has 2 aliphatic heterocycles. The fourth-order valence-electron chi connectivity index (χ4n) is 4.38. The lowest BCUT2D eigenvalue weighted by molar-refractivity contribution is -0.123. The molecule has 4 rings (SSSR count). The summed E-state index contributed by atoms with van der Waals surface area (Å²) in [6, 6.07) is 0. The Hall–Kier alpha value is -0.750. The maximum Gasteiger partial charge on any atom is 0.193 e. The quantitative estimate of drug-likeness (QED) is 0.706. The average molecular weight is 280 g/mol. The second kappa shape index (κ2) is 3.53. The number of ketones is 1. The fraction of sp³-hybridized carbons (Fsp3) is 0.800. The van der Waals surface area contributed by atoms with Crippen LogP contribution < -0.4 is 0 Å². The predicted octanol–water partition coefficient (Wildman–Crippen LogP) is 0.192. The van der Waals surface area contributed by atoms with Gasteiger partial charge in [0.25, 0.3) is 0 Å². The van der Waals surface area contributed by atoms with Crippen LogP contribution in [-0.4, -0.2) is 52.6 Å². The molecule has 2 N–H and O–H groups in total. The summed E-state index contributed by atoms with van der Waals surface area (Å²) in [5.74, 6) is -0.0536. The SMILES string of the molecule is C[C@H]1[C@H](O)CCC2=CC(=O)[C@]3([C@]4(CO)CO4)O[C@@H]3[C@@]21C. The van der Waals surface area contributed by atoms with Crippen molar-refractivity contribution in [3.8, 4) is 0 Å². The van der Waals surface area contributed by atoms with Crippen molar-refractivity contribution in [3.63, 3.8) is 0 Å². The van der Waals surface area contributed by atoms with Gasteiger partial charge in [-0.25, -0.2) is 0 Å². The van der Waals surface area contributed by atoms with Gasteiger partial charge in [0.1, 0.15) is 6.10 Å². The molecule has 4 aliphatic rings. The van der Waals surface area contributed by atoms with Crippen LogP contribution in [0, 0.1) is 11.3 Å². The fourth-order valence-corrected chi connectivity index (χ4v) is 4.38. The van der Waals surface area contributed by atoms with Crippen LogP contribution in [0.5, 0.6) is 0 Å². The number of carbonyl (C=O) groups excluding carboxylic acids is 1. The number of rotatable bonds is 2. The molecule has 0 radical (unpaired) electrons. The molecule has 0 unspecified atom stereocenters. The molecule has 110 valence electrons. The Balaban J connectivity index is 1.81. The van der Waals surface area contributed by atoms with Crippen LogP contribution in [0.15, 0.2) is 11.6 Å². The highest BCUT2D eigenvalue weighted by Gasteiger charge is 2.84. The first-order valence-electron chi connectivity index (χ1n) is 7.28. The van der Waals surface area contributed by atoms with Crippen molar-refractivity contribution in [2.24, 2.45) is 11.3 Å². The van der Waals surface area contributed by atoms with Gasteiger partial charge < -0.3 is 19.7 Å². The van der Waals surface area contributed by atoms with E-state index in [1.165, 1.54) is 0 Å². The van der Waals surface area contributed by atoms with Crippen LogP contribution in [0.4, 0.5) is 0 Å². The van der Waals surface area contributed by atoms with Crippen molar-refractivity contribution in [3.05, 3.63) is 11.6 Å². The number of fused-ring (bicyclic) bond motifs is 3. The monoisotopic (exact) mass is 280 g/mol. The molecule has 0 aromatic carbocycles. The second-order valence-electron chi connectivity index (χ2n) is 6.89. The summed E-state index contributed by atoms with van der Waals surface area (Å²) >= 11 is 0. The summed E-state index contributed by atoms with van der Waals surface area (Å²) in [5, 5.41) is 19.8. The van der Waals surface area contributed by atoms with Gasteiger partial charge in [0, 0.05) is 5.41 Å². The molecule has 5 heteroatoms. The number of epoxide rings is 2. The minimum atomic E-state index is -1.02. The van der Waals surface area contributed by atoms with E-state index in [1.807, 2.05) is 6.92 Å². The first kappa shape index (κ1) is 13.0. The zero-order valence-corrected chi connectivity index (χ0v) is 11.8. The van der Waals surface area contributed by atoms with E-state index >= 15 is 0 Å². The summed E-state index contributed by atoms with van der Waals surface area (Å²) in [7, 11) is 0. The number of ether oxygens (including phenoxy) is 2. The highest BCUT2D eigenvalue weighted by molar-refractivity contribution is 6.03. The lowest BCUT2D eigenvalue weighted by Gasteiger charge is -2.46. The molecule has 2 aliphatic carbocycles. The van der Waals surface area contributed by atoms with Gasteiger partial charge in [0.05, 0.1) is 19.3 Å². The minimum Gasteiger partial charge on any atom is -0.393 e. The summed E-state index contributed by atoms with van der Waals surface area (Å²) in [6.45, 7) is 4.24. The maximum atomic E-state index is 12.5. The van der Waals surface area contributed by atoms with Gasteiger partial charge in [0.2, 0.25) is 0 Å². The third-order valence-electron chi connectivity index (χ3n) is 6.18. The lowest BCUT2D eigenvalue weighted by atomic mass is 9.56. The van der Waals surface area contributed by atoms with E-state index in [0.717, 1.165) is 12.0 Å². The Labute approximate surface area is 117 Å². The predicted molar refractivity (Wildman–Crippen MR) is 69.0 cm³/mol. The van der Waals surface area contributed by atoms with Crippen LogP contribution in [0.2, 0.25) is 0 Å². The number of hydrogen-bond donors (Lipinski definition) is 2. The third-order valence-corrected chi connectivity index (χ3v) is 6.18. The van der Waals surface area contributed by atoms with Gasteiger partial charge in [0.15, 0.2) is 17.0 Å². The summed E-state index contributed by atoms with van der Waals surface area (Å²) in [6.07, 6.45) is 2.44. The second-order valence-corrected chi connectivity index (χ2v) is 6.89. The Morgan fingerprint density at radius 2 is 2.20 bits per heavy atom. The standard InChI is InChI=1S/C15H20O5/c1-8-10(17)4-3-9-5-11(18)15(14(6-16)7-19-14)12(20-15)13(8,9)2/h5,8,10,12,16-17H,3-4,6-7H2,1-2H3/t8-,10+,12+,13+,14-,15-/m0/s1. The normalized spacial score (nSPS) is 56.7. The molecule has 20 heavy (non-hydrogen) atoms. The van der Waals surface area contributed by atoms with Crippen molar-refractivity contribution in [1.82, 2.24) is 0 Å². The molecule has 6 atom stereocenters. The van der Waals surface area contributed by atoms with Crippen LogP contribution in [0.3, 0.4) is 0 Å². The van der Waals surface area contributed by atoms with Crippen LogP contribution >= 0.6 is 0 Å². The molecule has 0 amide bonds. The number of hydrogen-bond acceptors (Lipinski definition) is 5. The van der Waals surface area contributed by atoms with Crippen molar-refractivity contribution in [2.45, 2.75) is 50.1 Å². The number of carbonyl (C=O) groups is 1. The smallest absolute Gasteiger partial charge is 0.193 e. The van der Waals surface area contributed by atoms with E-state index in [-0.39, 0.29) is 35.9 Å². The van der Waals surface area contributed by atoms with E-state index in [4.69, 9.17) is 9.47 Å². The molecule has 2 heterocycles. The topological polar surface area (TPSA) is 82.6 Å². The van der Waals surface area contributed by atoms with E-state index in [9.17, 15) is 15.0 Å². The molecule has 5 nitrogen and oxygen atoms in total. The molecule has 1 saturated carbocycles.